The van der Waals surface area contributed by atoms with Crippen molar-refractivity contribution in [3.05, 3.63) is 46.6 Å². The van der Waals surface area contributed by atoms with Crippen LogP contribution in [0.15, 0.2) is 30.5 Å². The summed E-state index contributed by atoms with van der Waals surface area (Å²) in [6.07, 6.45) is 0.0715. The van der Waals surface area contributed by atoms with Gasteiger partial charge in [0.05, 0.1) is 12.1 Å². The standard InChI is InChI=1S/C22H25ClF3N5O3S/c1-35-28-19-4-5-31(27-19)21(34)30-9-13-7-17(8-14(13)10-30)29(12-20(32)33)11-15-6-16(23)2-3-18(15)22(24,25)26/h2-6,13-14,17H,7-12H2,1H3,(H,27,28)(H,32,33). The minimum absolute atomic E-state index is 0.0477. The van der Waals surface area contributed by atoms with Crippen molar-refractivity contribution in [2.75, 3.05) is 30.6 Å². The van der Waals surface area contributed by atoms with E-state index in [1.54, 1.807) is 22.1 Å². The molecule has 8 nitrogen and oxygen atoms in total. The van der Waals surface area contributed by atoms with Gasteiger partial charge in [0.2, 0.25) is 0 Å². The van der Waals surface area contributed by atoms with E-state index in [9.17, 15) is 27.9 Å². The van der Waals surface area contributed by atoms with Crippen molar-refractivity contribution in [2.45, 2.75) is 31.6 Å². The number of benzene rings is 1. The van der Waals surface area contributed by atoms with E-state index in [0.29, 0.717) is 31.7 Å². The Morgan fingerprint density at radius 3 is 2.54 bits per heavy atom. The van der Waals surface area contributed by atoms with E-state index in [1.165, 1.54) is 28.8 Å². The number of fused-ring (bicyclic) bond motifs is 1. The van der Waals surface area contributed by atoms with E-state index in [0.717, 1.165) is 6.07 Å². The van der Waals surface area contributed by atoms with Gasteiger partial charge in [0.1, 0.15) is 0 Å². The molecule has 190 valence electrons. The molecular weight excluding hydrogens is 507 g/mol. The van der Waals surface area contributed by atoms with Gasteiger partial charge in [-0.1, -0.05) is 23.5 Å². The van der Waals surface area contributed by atoms with Gasteiger partial charge < -0.3 is 14.7 Å². The average molecular weight is 532 g/mol. The monoisotopic (exact) mass is 531 g/mol. The number of nitrogens with zero attached hydrogens (tertiary/aromatic N) is 4. The Balaban J connectivity index is 1.44. The van der Waals surface area contributed by atoms with Crippen LogP contribution in [0.4, 0.5) is 23.8 Å². The van der Waals surface area contributed by atoms with Gasteiger partial charge >= 0.3 is 18.2 Å². The van der Waals surface area contributed by atoms with Gasteiger partial charge in [-0.05, 0) is 48.4 Å². The second-order valence-corrected chi connectivity index (χ2v) is 9.93. The van der Waals surface area contributed by atoms with E-state index in [2.05, 4.69) is 9.82 Å². The summed E-state index contributed by atoms with van der Waals surface area (Å²) in [6, 6.07) is 4.62. The highest BCUT2D eigenvalue weighted by molar-refractivity contribution is 7.99. The van der Waals surface area contributed by atoms with E-state index in [-0.39, 0.29) is 47.6 Å². The minimum Gasteiger partial charge on any atom is -0.480 e. The summed E-state index contributed by atoms with van der Waals surface area (Å²) < 4.78 is 44.8. The molecule has 1 aliphatic carbocycles. The van der Waals surface area contributed by atoms with Crippen LogP contribution in [0.1, 0.15) is 24.0 Å². The van der Waals surface area contributed by atoms with Gasteiger partial charge in [0.15, 0.2) is 5.82 Å². The van der Waals surface area contributed by atoms with Crippen LogP contribution in [0.25, 0.3) is 0 Å². The topological polar surface area (TPSA) is 90.7 Å². The van der Waals surface area contributed by atoms with Crippen LogP contribution < -0.4 is 4.72 Å². The second-order valence-electron chi connectivity index (χ2n) is 8.88. The lowest BCUT2D eigenvalue weighted by Crippen LogP contribution is -2.40. The summed E-state index contributed by atoms with van der Waals surface area (Å²) in [5, 5.41) is 13.8. The van der Waals surface area contributed by atoms with Crippen molar-refractivity contribution in [2.24, 2.45) is 11.8 Å². The lowest BCUT2D eigenvalue weighted by Gasteiger charge is -2.30. The van der Waals surface area contributed by atoms with E-state index in [4.69, 9.17) is 11.6 Å². The number of halogens is 4. The number of carbonyl (C=O) groups is 2. The van der Waals surface area contributed by atoms with Crippen molar-refractivity contribution in [3.63, 3.8) is 0 Å². The third kappa shape index (κ3) is 5.87. The van der Waals surface area contributed by atoms with Gasteiger partial charge in [-0.25, -0.2) is 4.79 Å². The molecule has 1 aliphatic heterocycles. The third-order valence-corrected chi connectivity index (χ3v) is 7.24. The maximum atomic E-state index is 13.5. The summed E-state index contributed by atoms with van der Waals surface area (Å²) in [6.45, 7) is 0.441. The molecule has 1 saturated heterocycles. The fourth-order valence-electron chi connectivity index (χ4n) is 5.13. The Hall–Kier alpha value is -2.44. The number of anilines is 1. The number of carboxylic acids is 1. The summed E-state index contributed by atoms with van der Waals surface area (Å²) in [5.41, 5.74) is -0.866. The van der Waals surface area contributed by atoms with Crippen molar-refractivity contribution >= 4 is 41.4 Å². The van der Waals surface area contributed by atoms with Gasteiger partial charge in [0.25, 0.3) is 0 Å². The molecule has 2 unspecified atom stereocenters. The molecule has 0 radical (unpaired) electrons. The SMILES string of the molecule is CSNc1ccn(C(=O)N2CC3CC(N(CC(=O)O)Cc4cc(Cl)ccc4C(F)(F)F)CC3C2)n1. The van der Waals surface area contributed by atoms with Crippen molar-refractivity contribution in [3.8, 4) is 0 Å². The predicted molar refractivity (Wildman–Crippen MR) is 126 cm³/mol. The van der Waals surface area contributed by atoms with Crippen LogP contribution in [0, 0.1) is 11.8 Å². The number of hydrogen-bond donors (Lipinski definition) is 2. The normalized spacial score (nSPS) is 22.0. The number of alkyl halides is 3. The zero-order valence-corrected chi connectivity index (χ0v) is 20.4. The number of aliphatic carboxylic acids is 1. The first-order chi connectivity index (χ1) is 16.5. The van der Waals surface area contributed by atoms with E-state index >= 15 is 0 Å². The first-order valence-corrected chi connectivity index (χ1v) is 12.6. The van der Waals surface area contributed by atoms with Crippen LogP contribution in [0.3, 0.4) is 0 Å². The summed E-state index contributed by atoms with van der Waals surface area (Å²) in [4.78, 5) is 27.7. The number of hydrogen-bond acceptors (Lipinski definition) is 6. The zero-order chi connectivity index (χ0) is 25.3. The first-order valence-electron chi connectivity index (χ1n) is 11.0. The molecular formula is C22H25ClF3N5O3S. The molecule has 0 spiro atoms. The smallest absolute Gasteiger partial charge is 0.416 e. The maximum Gasteiger partial charge on any atom is 0.416 e. The lowest BCUT2D eigenvalue weighted by atomic mass is 10.0. The van der Waals surface area contributed by atoms with Crippen molar-refractivity contribution in [1.29, 1.82) is 0 Å². The van der Waals surface area contributed by atoms with Crippen LogP contribution >= 0.6 is 23.5 Å². The van der Waals surface area contributed by atoms with Crippen LogP contribution in [0.2, 0.25) is 5.02 Å². The van der Waals surface area contributed by atoms with Gasteiger partial charge in [-0.3, -0.25) is 9.69 Å². The van der Waals surface area contributed by atoms with Crippen molar-refractivity contribution < 1.29 is 27.9 Å². The molecule has 2 N–H and O–H groups in total. The highest BCUT2D eigenvalue weighted by Crippen LogP contribution is 2.41. The largest absolute Gasteiger partial charge is 0.480 e. The van der Waals surface area contributed by atoms with Crippen LogP contribution in [0.5, 0.6) is 0 Å². The highest BCUT2D eigenvalue weighted by Gasteiger charge is 2.45. The van der Waals surface area contributed by atoms with Crippen LogP contribution in [-0.4, -0.2) is 68.6 Å². The number of carboxylic acid groups (broad SMARTS) is 1. The quantitative estimate of drug-likeness (QED) is 0.508. The van der Waals surface area contributed by atoms with E-state index in [1.807, 2.05) is 6.26 Å². The minimum atomic E-state index is -4.57. The van der Waals surface area contributed by atoms with Gasteiger partial charge in [-0.2, -0.15) is 17.9 Å². The number of nitrogens with one attached hydrogen (secondary N) is 1. The highest BCUT2D eigenvalue weighted by atomic mass is 35.5. The zero-order valence-electron chi connectivity index (χ0n) is 18.8. The molecule has 2 atom stereocenters. The molecule has 1 aromatic carbocycles. The number of aromatic nitrogens is 2. The van der Waals surface area contributed by atoms with Gasteiger partial charge in [0, 0.05) is 49.2 Å². The molecule has 4 rings (SSSR count). The molecule has 2 aromatic rings. The lowest BCUT2D eigenvalue weighted by molar-refractivity contribution is -0.139. The number of likely N-dealkylation sites (tertiary alicyclic amines) is 1. The fourth-order valence-corrected chi connectivity index (χ4v) is 5.65. The van der Waals surface area contributed by atoms with Gasteiger partial charge in [-0.15, -0.1) is 5.10 Å². The maximum absolute atomic E-state index is 13.5. The molecule has 0 bridgehead atoms. The Kier molecular flexibility index (Phi) is 7.53. The molecule has 2 heterocycles. The Morgan fingerprint density at radius 2 is 1.94 bits per heavy atom. The first kappa shape index (κ1) is 25.6. The Labute approximate surface area is 209 Å². The third-order valence-electron chi connectivity index (χ3n) is 6.59. The molecule has 1 saturated carbocycles. The Bertz CT molecular complexity index is 1080. The predicted octanol–water partition coefficient (Wildman–Crippen LogP) is 4.51. The summed E-state index contributed by atoms with van der Waals surface area (Å²) in [7, 11) is 0. The molecule has 35 heavy (non-hydrogen) atoms. The number of amides is 1. The second kappa shape index (κ2) is 10.3. The summed E-state index contributed by atoms with van der Waals surface area (Å²) >= 11 is 7.33. The van der Waals surface area contributed by atoms with Crippen molar-refractivity contribution in [1.82, 2.24) is 19.6 Å². The average Bonchev–Trinajstić information content (AvgIpc) is 3.47. The molecule has 2 fully saturated rings. The molecule has 13 heteroatoms. The Morgan fingerprint density at radius 1 is 1.26 bits per heavy atom. The molecule has 1 amide bonds. The fraction of sp³-hybridized carbons (Fsp3) is 0.500. The van der Waals surface area contributed by atoms with E-state index < -0.39 is 17.7 Å². The molecule has 1 aromatic heterocycles. The van der Waals surface area contributed by atoms with Crippen LogP contribution in [-0.2, 0) is 17.5 Å². The summed E-state index contributed by atoms with van der Waals surface area (Å²) in [5.74, 6) is -0.251. The number of rotatable bonds is 7. The number of carbonyl (C=O) groups excluding carboxylic acids is 1. The molecule has 2 aliphatic rings.